The highest BCUT2D eigenvalue weighted by atomic mass is 19.2. The second-order valence-corrected chi connectivity index (χ2v) is 4.86. The number of pyridine rings is 1. The molecule has 1 saturated carbocycles. The molecular weight excluding hydrogens is 255 g/mol. The summed E-state index contributed by atoms with van der Waals surface area (Å²) >= 11 is 0. The first-order chi connectivity index (χ1) is 9.04. The van der Waals surface area contributed by atoms with Gasteiger partial charge in [-0.15, -0.1) is 0 Å². The fourth-order valence-electron chi connectivity index (χ4n) is 2.37. The molecule has 1 fully saturated rings. The Morgan fingerprint density at radius 2 is 1.95 bits per heavy atom. The second kappa shape index (κ2) is 4.11. The van der Waals surface area contributed by atoms with Crippen LogP contribution in [-0.4, -0.2) is 4.57 Å². The van der Waals surface area contributed by atoms with Gasteiger partial charge in [0.2, 0.25) is 0 Å². The molecule has 3 rings (SSSR count). The van der Waals surface area contributed by atoms with E-state index in [1.54, 1.807) is 17.7 Å². The van der Waals surface area contributed by atoms with E-state index in [9.17, 15) is 18.0 Å². The molecule has 1 heterocycles. The lowest BCUT2D eigenvalue weighted by molar-refractivity contribution is 0.450. The number of fused-ring (bicyclic) bond motifs is 1. The van der Waals surface area contributed by atoms with E-state index < -0.39 is 22.9 Å². The lowest BCUT2D eigenvalue weighted by Crippen LogP contribution is -2.16. The van der Waals surface area contributed by atoms with Crippen molar-refractivity contribution >= 4 is 10.9 Å². The van der Waals surface area contributed by atoms with Gasteiger partial charge in [0.15, 0.2) is 22.9 Å². The van der Waals surface area contributed by atoms with E-state index in [0.717, 1.165) is 18.9 Å². The van der Waals surface area contributed by atoms with Crippen molar-refractivity contribution < 1.29 is 13.2 Å². The second-order valence-electron chi connectivity index (χ2n) is 4.86. The van der Waals surface area contributed by atoms with Gasteiger partial charge in [0.1, 0.15) is 0 Å². The molecule has 100 valence electrons. The molecule has 1 aliphatic rings. The maximum absolute atomic E-state index is 13.9. The van der Waals surface area contributed by atoms with Crippen LogP contribution in [0.1, 0.15) is 31.4 Å². The molecule has 2 nitrogen and oxygen atoms in total. The molecule has 0 aliphatic heterocycles. The summed E-state index contributed by atoms with van der Waals surface area (Å²) in [6, 6.07) is 0.876. The molecule has 1 aromatic carbocycles. The molecule has 1 aromatic heterocycles. The van der Waals surface area contributed by atoms with Crippen molar-refractivity contribution in [2.45, 2.75) is 32.2 Å². The fraction of sp³-hybridized carbons (Fsp3) is 0.357. The van der Waals surface area contributed by atoms with Crippen LogP contribution in [0.3, 0.4) is 0 Å². The van der Waals surface area contributed by atoms with Gasteiger partial charge in [0.05, 0.1) is 10.9 Å². The number of hydrogen-bond acceptors (Lipinski definition) is 1. The maximum atomic E-state index is 13.9. The first kappa shape index (κ1) is 12.3. The van der Waals surface area contributed by atoms with E-state index in [1.165, 1.54) is 0 Å². The standard InChI is InChI=1S/C14H12F3NO/c1-2-7-6-18(8-3-4-8)13-9(14(7)19)5-10(15)11(16)12(13)17/h5-6,8H,2-4H2,1H3. The van der Waals surface area contributed by atoms with Crippen molar-refractivity contribution in [3.05, 3.63) is 45.5 Å². The van der Waals surface area contributed by atoms with Crippen molar-refractivity contribution in [1.29, 1.82) is 0 Å². The van der Waals surface area contributed by atoms with Crippen molar-refractivity contribution in [2.75, 3.05) is 0 Å². The van der Waals surface area contributed by atoms with E-state index in [2.05, 4.69) is 0 Å². The zero-order valence-electron chi connectivity index (χ0n) is 10.3. The summed E-state index contributed by atoms with van der Waals surface area (Å²) in [6.45, 7) is 1.80. The first-order valence-electron chi connectivity index (χ1n) is 6.25. The molecule has 5 heteroatoms. The van der Waals surface area contributed by atoms with Crippen molar-refractivity contribution in [3.8, 4) is 0 Å². The van der Waals surface area contributed by atoms with Gasteiger partial charge >= 0.3 is 0 Å². The normalized spacial score (nSPS) is 15.2. The predicted octanol–water partition coefficient (Wildman–Crippen LogP) is 3.32. The fourth-order valence-corrected chi connectivity index (χ4v) is 2.37. The number of aryl methyl sites for hydroxylation is 1. The minimum absolute atomic E-state index is 0.0766. The monoisotopic (exact) mass is 267 g/mol. The van der Waals surface area contributed by atoms with Crippen LogP contribution in [0.25, 0.3) is 10.9 Å². The van der Waals surface area contributed by atoms with Gasteiger partial charge in [-0.25, -0.2) is 13.2 Å². The maximum Gasteiger partial charge on any atom is 0.196 e. The van der Waals surface area contributed by atoms with Crippen molar-refractivity contribution in [3.63, 3.8) is 0 Å². The van der Waals surface area contributed by atoms with Gasteiger partial charge in [0, 0.05) is 17.8 Å². The Balaban J connectivity index is 2.50. The zero-order valence-corrected chi connectivity index (χ0v) is 10.3. The van der Waals surface area contributed by atoms with Gasteiger partial charge in [-0.05, 0) is 25.3 Å². The minimum Gasteiger partial charge on any atom is -0.341 e. The smallest absolute Gasteiger partial charge is 0.196 e. The van der Waals surface area contributed by atoms with Crippen LogP contribution in [0, 0.1) is 17.5 Å². The molecule has 0 unspecified atom stereocenters. The van der Waals surface area contributed by atoms with Gasteiger partial charge < -0.3 is 4.57 Å². The van der Waals surface area contributed by atoms with Gasteiger partial charge in [-0.2, -0.15) is 0 Å². The SMILES string of the molecule is CCc1cn(C2CC2)c2c(F)c(F)c(F)cc2c1=O. The summed E-state index contributed by atoms with van der Waals surface area (Å²) in [4.78, 5) is 12.1. The largest absolute Gasteiger partial charge is 0.341 e. The molecule has 0 amide bonds. The summed E-state index contributed by atoms with van der Waals surface area (Å²) in [5, 5.41) is -0.0809. The number of benzene rings is 1. The lowest BCUT2D eigenvalue weighted by Gasteiger charge is -2.13. The van der Waals surface area contributed by atoms with E-state index in [0.29, 0.717) is 12.0 Å². The van der Waals surface area contributed by atoms with Gasteiger partial charge in [-0.1, -0.05) is 6.92 Å². The Kier molecular flexibility index (Phi) is 2.66. The highest BCUT2D eigenvalue weighted by Gasteiger charge is 2.28. The van der Waals surface area contributed by atoms with Gasteiger partial charge in [-0.3, -0.25) is 4.79 Å². The Hall–Kier alpha value is -1.78. The third-order valence-corrected chi connectivity index (χ3v) is 3.55. The Labute approximate surface area is 107 Å². The van der Waals surface area contributed by atoms with E-state index >= 15 is 0 Å². The van der Waals surface area contributed by atoms with Gasteiger partial charge in [0.25, 0.3) is 0 Å². The Bertz CT molecular complexity index is 732. The van der Waals surface area contributed by atoms with E-state index in [1.807, 2.05) is 0 Å². The quantitative estimate of drug-likeness (QED) is 0.765. The number of halogens is 3. The molecule has 0 atom stereocenters. The van der Waals surface area contributed by atoms with Crippen LogP contribution < -0.4 is 5.43 Å². The highest BCUT2D eigenvalue weighted by molar-refractivity contribution is 5.80. The predicted molar refractivity (Wildman–Crippen MR) is 65.7 cm³/mol. The zero-order chi connectivity index (χ0) is 13.7. The van der Waals surface area contributed by atoms with Crippen LogP contribution >= 0.6 is 0 Å². The third-order valence-electron chi connectivity index (χ3n) is 3.55. The highest BCUT2D eigenvalue weighted by Crippen LogP contribution is 2.38. The molecule has 19 heavy (non-hydrogen) atoms. The average Bonchev–Trinajstić information content (AvgIpc) is 3.21. The average molecular weight is 267 g/mol. The minimum atomic E-state index is -1.52. The topological polar surface area (TPSA) is 22.0 Å². The van der Waals surface area contributed by atoms with E-state index in [-0.39, 0.29) is 16.9 Å². The number of aromatic nitrogens is 1. The molecule has 0 spiro atoms. The Morgan fingerprint density at radius 1 is 1.26 bits per heavy atom. The van der Waals surface area contributed by atoms with Crippen LogP contribution in [0.2, 0.25) is 0 Å². The van der Waals surface area contributed by atoms with Crippen molar-refractivity contribution in [2.24, 2.45) is 0 Å². The van der Waals surface area contributed by atoms with Crippen LogP contribution in [0.4, 0.5) is 13.2 Å². The van der Waals surface area contributed by atoms with Crippen LogP contribution in [-0.2, 0) is 6.42 Å². The summed E-state index contributed by atoms with van der Waals surface area (Å²) in [5.41, 5.74) is -0.0550. The summed E-state index contributed by atoms with van der Waals surface area (Å²) < 4.78 is 42.2. The van der Waals surface area contributed by atoms with Crippen LogP contribution in [0.5, 0.6) is 0 Å². The molecule has 0 saturated heterocycles. The Morgan fingerprint density at radius 3 is 2.53 bits per heavy atom. The number of nitrogens with zero attached hydrogens (tertiary/aromatic N) is 1. The summed E-state index contributed by atoms with van der Waals surface area (Å²) in [7, 11) is 0. The first-order valence-corrected chi connectivity index (χ1v) is 6.25. The number of rotatable bonds is 2. The van der Waals surface area contributed by atoms with E-state index in [4.69, 9.17) is 0 Å². The van der Waals surface area contributed by atoms with Crippen LogP contribution in [0.15, 0.2) is 17.1 Å². The lowest BCUT2D eigenvalue weighted by atomic mass is 10.1. The summed E-state index contributed by atoms with van der Waals surface area (Å²) in [5.74, 6) is -4.12. The molecule has 0 N–H and O–H groups in total. The number of hydrogen-bond donors (Lipinski definition) is 0. The third kappa shape index (κ3) is 1.76. The molecule has 1 aliphatic carbocycles. The summed E-state index contributed by atoms with van der Waals surface area (Å²) in [6.07, 6.45) is 3.77. The van der Waals surface area contributed by atoms with Crippen molar-refractivity contribution in [1.82, 2.24) is 4.57 Å². The molecular formula is C14H12F3NO. The molecule has 0 radical (unpaired) electrons. The molecule has 2 aromatic rings. The molecule has 0 bridgehead atoms.